The maximum atomic E-state index is 12.2. The monoisotopic (exact) mass is 233 g/mol. The molecule has 5 heteroatoms. The Morgan fingerprint density at radius 1 is 1.31 bits per heavy atom. The second kappa shape index (κ2) is 4.41. The van der Waals surface area contributed by atoms with Gasteiger partial charge in [-0.2, -0.15) is 13.2 Å². The molecule has 0 bridgehead atoms. The van der Waals surface area contributed by atoms with Crippen LogP contribution >= 0.6 is 0 Å². The Hall–Kier alpha value is -1.10. The van der Waals surface area contributed by atoms with Crippen LogP contribution < -0.4 is 0 Å². The van der Waals surface area contributed by atoms with Crippen LogP contribution in [0.5, 0.6) is 0 Å². The molecule has 0 amide bonds. The molecule has 90 valence electrons. The summed E-state index contributed by atoms with van der Waals surface area (Å²) in [4.78, 5) is 4.01. The normalized spacial score (nSPS) is 14.9. The molecule has 1 N–H and O–H groups in total. The van der Waals surface area contributed by atoms with E-state index in [-0.39, 0.29) is 0 Å². The van der Waals surface area contributed by atoms with Gasteiger partial charge in [0.15, 0.2) is 6.10 Å². The van der Waals surface area contributed by atoms with Crippen molar-refractivity contribution in [1.82, 2.24) is 4.98 Å². The third-order valence-electron chi connectivity index (χ3n) is 2.44. The van der Waals surface area contributed by atoms with E-state index in [0.717, 1.165) is 0 Å². The van der Waals surface area contributed by atoms with Crippen LogP contribution in [0.3, 0.4) is 0 Å². The van der Waals surface area contributed by atoms with Gasteiger partial charge in [-0.25, -0.2) is 0 Å². The molecule has 0 saturated carbocycles. The fourth-order valence-electron chi connectivity index (χ4n) is 1.47. The molecule has 1 aromatic rings. The summed E-state index contributed by atoms with van der Waals surface area (Å²) in [5, 5.41) is 9.03. The van der Waals surface area contributed by atoms with Crippen molar-refractivity contribution >= 4 is 0 Å². The lowest BCUT2D eigenvalue weighted by molar-refractivity contribution is -0.209. The fraction of sp³-hybridized carbons (Fsp3) is 0.545. The predicted molar refractivity (Wildman–Crippen MR) is 53.9 cm³/mol. The average Bonchev–Trinajstić information content (AvgIpc) is 2.17. The molecule has 2 nitrogen and oxygen atoms in total. The van der Waals surface area contributed by atoms with Crippen LogP contribution in [-0.2, 0) is 5.41 Å². The number of alkyl halides is 3. The Balaban J connectivity index is 2.80. The summed E-state index contributed by atoms with van der Waals surface area (Å²) < 4.78 is 36.7. The van der Waals surface area contributed by atoms with E-state index in [0.29, 0.717) is 5.69 Å². The highest BCUT2D eigenvalue weighted by atomic mass is 19.4. The minimum atomic E-state index is -4.58. The van der Waals surface area contributed by atoms with E-state index in [2.05, 4.69) is 4.98 Å². The van der Waals surface area contributed by atoms with Crippen molar-refractivity contribution in [3.8, 4) is 0 Å². The molecule has 0 radical (unpaired) electrons. The smallest absolute Gasteiger partial charge is 0.384 e. The van der Waals surface area contributed by atoms with Gasteiger partial charge in [0.2, 0.25) is 0 Å². The summed E-state index contributed by atoms with van der Waals surface area (Å²) in [5.74, 6) is 0. The van der Waals surface area contributed by atoms with Crippen LogP contribution in [0, 0.1) is 0 Å². The summed E-state index contributed by atoms with van der Waals surface area (Å²) in [7, 11) is 0. The molecule has 0 aliphatic heterocycles. The van der Waals surface area contributed by atoms with Gasteiger partial charge in [-0.05, 0) is 18.6 Å². The number of halogens is 3. The molecule has 0 saturated heterocycles. The van der Waals surface area contributed by atoms with Crippen LogP contribution in [-0.4, -0.2) is 22.4 Å². The van der Waals surface area contributed by atoms with Gasteiger partial charge in [-0.3, -0.25) is 4.98 Å². The number of aliphatic hydroxyl groups is 1. The first-order valence-corrected chi connectivity index (χ1v) is 4.90. The van der Waals surface area contributed by atoms with Gasteiger partial charge in [0.05, 0.1) is 0 Å². The maximum absolute atomic E-state index is 12.2. The van der Waals surface area contributed by atoms with Gasteiger partial charge in [0.1, 0.15) is 0 Å². The van der Waals surface area contributed by atoms with Crippen molar-refractivity contribution in [3.05, 3.63) is 30.1 Å². The van der Waals surface area contributed by atoms with Gasteiger partial charge in [0, 0.05) is 17.3 Å². The number of aromatic nitrogens is 1. The van der Waals surface area contributed by atoms with Gasteiger partial charge in [-0.1, -0.05) is 19.9 Å². The molecule has 1 aromatic heterocycles. The maximum Gasteiger partial charge on any atom is 0.414 e. The zero-order valence-electron chi connectivity index (χ0n) is 9.12. The molecule has 0 aliphatic carbocycles. The lowest BCUT2D eigenvalue weighted by Crippen LogP contribution is -2.35. The van der Waals surface area contributed by atoms with E-state index in [1.54, 1.807) is 32.0 Å². The highest BCUT2D eigenvalue weighted by Crippen LogP contribution is 2.32. The highest BCUT2D eigenvalue weighted by Gasteiger charge is 2.42. The summed E-state index contributed by atoms with van der Waals surface area (Å²) in [5.41, 5.74) is -0.269. The molecular formula is C11H14F3NO. The molecule has 0 spiro atoms. The van der Waals surface area contributed by atoms with Gasteiger partial charge >= 0.3 is 6.18 Å². The molecular weight excluding hydrogens is 219 g/mol. The predicted octanol–water partition coefficient (Wildman–Crippen LogP) is 2.67. The van der Waals surface area contributed by atoms with Crippen LogP contribution in [0.2, 0.25) is 0 Å². The SMILES string of the molecule is CC(C)(CC(O)C(F)(F)F)c1ccccn1. The molecule has 1 heterocycles. The number of hydrogen-bond donors (Lipinski definition) is 1. The van der Waals surface area contributed by atoms with Crippen molar-refractivity contribution in [3.63, 3.8) is 0 Å². The van der Waals surface area contributed by atoms with E-state index in [1.165, 1.54) is 6.20 Å². The van der Waals surface area contributed by atoms with Crippen LogP contribution in [0.15, 0.2) is 24.4 Å². The van der Waals surface area contributed by atoms with Crippen molar-refractivity contribution in [2.24, 2.45) is 0 Å². The second-order valence-electron chi connectivity index (χ2n) is 4.36. The zero-order chi connectivity index (χ0) is 12.4. The molecule has 1 unspecified atom stereocenters. The summed E-state index contributed by atoms with van der Waals surface area (Å²) in [6.07, 6.45) is -5.76. The second-order valence-corrected chi connectivity index (χ2v) is 4.36. The van der Waals surface area contributed by atoms with Crippen molar-refractivity contribution in [2.45, 2.75) is 38.0 Å². The van der Waals surface area contributed by atoms with Crippen LogP contribution in [0.1, 0.15) is 26.0 Å². The van der Waals surface area contributed by atoms with Crippen LogP contribution in [0.4, 0.5) is 13.2 Å². The van der Waals surface area contributed by atoms with Crippen molar-refractivity contribution in [1.29, 1.82) is 0 Å². The highest BCUT2D eigenvalue weighted by molar-refractivity contribution is 5.14. The largest absolute Gasteiger partial charge is 0.414 e. The molecule has 1 atom stereocenters. The van der Waals surface area contributed by atoms with E-state index in [4.69, 9.17) is 5.11 Å². The minimum absolute atomic E-state index is 0.395. The lowest BCUT2D eigenvalue weighted by Gasteiger charge is -2.27. The first-order chi connectivity index (χ1) is 7.23. The Bertz CT molecular complexity index is 335. The first-order valence-electron chi connectivity index (χ1n) is 4.90. The average molecular weight is 233 g/mol. The number of hydrogen-bond acceptors (Lipinski definition) is 2. The van der Waals surface area contributed by atoms with Crippen molar-refractivity contribution < 1.29 is 18.3 Å². The van der Waals surface area contributed by atoms with E-state index < -0.39 is 24.1 Å². The Labute approximate surface area is 92.1 Å². The van der Waals surface area contributed by atoms with E-state index >= 15 is 0 Å². The summed E-state index contributed by atoms with van der Waals surface area (Å²) >= 11 is 0. The van der Waals surface area contributed by atoms with E-state index in [9.17, 15) is 13.2 Å². The third kappa shape index (κ3) is 3.20. The number of aliphatic hydroxyl groups excluding tert-OH is 1. The number of rotatable bonds is 3. The molecule has 0 aliphatic rings. The molecule has 0 aromatic carbocycles. The Morgan fingerprint density at radius 2 is 1.94 bits per heavy atom. The minimum Gasteiger partial charge on any atom is -0.384 e. The Kier molecular flexibility index (Phi) is 3.57. The van der Waals surface area contributed by atoms with Gasteiger partial charge in [0.25, 0.3) is 0 Å². The third-order valence-corrected chi connectivity index (χ3v) is 2.44. The molecule has 0 fully saturated rings. The standard InChI is InChI=1S/C11H14F3NO/c1-10(2,7-9(16)11(12,13)14)8-5-3-4-6-15-8/h3-6,9,16H,7H2,1-2H3. The first kappa shape index (κ1) is 13.0. The number of pyridine rings is 1. The van der Waals surface area contributed by atoms with Crippen molar-refractivity contribution in [2.75, 3.05) is 0 Å². The summed E-state index contributed by atoms with van der Waals surface area (Å²) in [6.45, 7) is 3.26. The summed E-state index contributed by atoms with van der Waals surface area (Å²) in [6, 6.07) is 5.06. The Morgan fingerprint density at radius 3 is 2.38 bits per heavy atom. The topological polar surface area (TPSA) is 33.1 Å². The lowest BCUT2D eigenvalue weighted by atomic mass is 9.83. The zero-order valence-corrected chi connectivity index (χ0v) is 9.12. The number of nitrogens with zero attached hydrogens (tertiary/aromatic N) is 1. The molecule has 1 rings (SSSR count). The van der Waals surface area contributed by atoms with Gasteiger partial charge < -0.3 is 5.11 Å². The molecule has 16 heavy (non-hydrogen) atoms. The van der Waals surface area contributed by atoms with Crippen LogP contribution in [0.25, 0.3) is 0 Å². The quantitative estimate of drug-likeness (QED) is 0.870. The van der Waals surface area contributed by atoms with Gasteiger partial charge in [-0.15, -0.1) is 0 Å². The van der Waals surface area contributed by atoms with E-state index in [1.807, 2.05) is 0 Å². The fourth-order valence-corrected chi connectivity index (χ4v) is 1.47.